The number of carbonyl (C=O) groups excluding carboxylic acids is 1. The van der Waals surface area contributed by atoms with Gasteiger partial charge in [-0.05, 0) is 6.92 Å². The predicted octanol–water partition coefficient (Wildman–Crippen LogP) is -0.214. The lowest BCUT2D eigenvalue weighted by Crippen LogP contribution is -2.30. The number of H-pyrrole nitrogens is 1. The van der Waals surface area contributed by atoms with Crippen molar-refractivity contribution in [1.82, 2.24) is 15.1 Å². The molecule has 18 heavy (non-hydrogen) atoms. The van der Waals surface area contributed by atoms with Gasteiger partial charge in [0, 0.05) is 27.3 Å². The molecular weight excluding hydrogens is 236 g/mol. The number of aryl methyl sites for hydroxylation is 1. The number of methoxy groups -OCH3 is 2. The highest BCUT2D eigenvalue weighted by atomic mass is 16.5. The topological polar surface area (TPSA) is 93.5 Å². The van der Waals surface area contributed by atoms with Gasteiger partial charge in [0.15, 0.2) is 5.69 Å². The maximum Gasteiger partial charge on any atom is 0.276 e. The minimum absolute atomic E-state index is 0.111. The number of carbonyl (C=O) groups is 1. The zero-order valence-electron chi connectivity index (χ0n) is 10.8. The Morgan fingerprint density at radius 3 is 2.33 bits per heavy atom. The molecule has 1 fully saturated rings. The number of nitrogens with two attached hydrogens (primary N) is 1. The van der Waals surface area contributed by atoms with E-state index in [-0.39, 0.29) is 23.8 Å². The summed E-state index contributed by atoms with van der Waals surface area (Å²) in [5, 5.41) is 6.65. The Bertz CT molecular complexity index is 433. The highest BCUT2D eigenvalue weighted by Crippen LogP contribution is 2.21. The molecule has 3 N–H and O–H groups in total. The SMILES string of the molecule is COC1CN(C(=O)c2n[nH]c(C)c2N)CC1OC. The second kappa shape index (κ2) is 4.95. The number of rotatable bonds is 3. The summed E-state index contributed by atoms with van der Waals surface area (Å²) in [5.41, 5.74) is 7.16. The third kappa shape index (κ3) is 2.06. The van der Waals surface area contributed by atoms with Crippen LogP contribution in [0.1, 0.15) is 16.2 Å². The van der Waals surface area contributed by atoms with E-state index in [9.17, 15) is 4.79 Å². The Labute approximate surface area is 105 Å². The molecule has 0 aromatic carbocycles. The maximum atomic E-state index is 12.3. The minimum atomic E-state index is -0.196. The van der Waals surface area contributed by atoms with E-state index in [0.29, 0.717) is 24.5 Å². The van der Waals surface area contributed by atoms with Crippen LogP contribution in [0.2, 0.25) is 0 Å². The summed E-state index contributed by atoms with van der Waals surface area (Å²) in [6.07, 6.45) is -0.222. The molecule has 0 bridgehead atoms. The number of ether oxygens (including phenoxy) is 2. The summed E-state index contributed by atoms with van der Waals surface area (Å²) in [6, 6.07) is 0. The third-order valence-electron chi connectivity index (χ3n) is 3.31. The van der Waals surface area contributed by atoms with E-state index in [2.05, 4.69) is 10.2 Å². The van der Waals surface area contributed by atoms with Gasteiger partial charge in [0.2, 0.25) is 0 Å². The Kier molecular flexibility index (Phi) is 3.53. The fourth-order valence-corrected chi connectivity index (χ4v) is 2.11. The lowest BCUT2D eigenvalue weighted by Gasteiger charge is -2.14. The van der Waals surface area contributed by atoms with Crippen molar-refractivity contribution in [3.63, 3.8) is 0 Å². The molecule has 0 spiro atoms. The van der Waals surface area contributed by atoms with Crippen molar-refractivity contribution in [2.75, 3.05) is 33.0 Å². The summed E-state index contributed by atoms with van der Waals surface area (Å²) >= 11 is 0. The monoisotopic (exact) mass is 254 g/mol. The van der Waals surface area contributed by atoms with E-state index < -0.39 is 0 Å². The standard InChI is InChI=1S/C11H18N4O3/c1-6-9(12)10(14-13-6)11(16)15-4-7(17-2)8(5-15)18-3/h7-8H,4-5,12H2,1-3H3,(H,13,14). The van der Waals surface area contributed by atoms with Crippen LogP contribution in [0.25, 0.3) is 0 Å². The van der Waals surface area contributed by atoms with Crippen molar-refractivity contribution in [3.05, 3.63) is 11.4 Å². The normalized spacial score (nSPS) is 23.6. The first-order valence-corrected chi connectivity index (χ1v) is 5.73. The van der Waals surface area contributed by atoms with Gasteiger partial charge in [-0.2, -0.15) is 5.10 Å². The summed E-state index contributed by atoms with van der Waals surface area (Å²) in [6.45, 7) is 2.75. The summed E-state index contributed by atoms with van der Waals surface area (Å²) in [7, 11) is 3.22. The van der Waals surface area contributed by atoms with Crippen molar-refractivity contribution in [2.45, 2.75) is 19.1 Å². The second-order valence-corrected chi connectivity index (χ2v) is 4.37. The van der Waals surface area contributed by atoms with Crippen molar-refractivity contribution in [3.8, 4) is 0 Å². The number of likely N-dealkylation sites (tertiary alicyclic amines) is 1. The van der Waals surface area contributed by atoms with Crippen molar-refractivity contribution in [2.24, 2.45) is 0 Å². The fourth-order valence-electron chi connectivity index (χ4n) is 2.11. The first kappa shape index (κ1) is 12.8. The molecule has 1 aromatic rings. The lowest BCUT2D eigenvalue weighted by atomic mass is 10.3. The molecule has 0 radical (unpaired) electrons. The molecule has 7 nitrogen and oxygen atoms in total. The van der Waals surface area contributed by atoms with E-state index in [1.54, 1.807) is 26.0 Å². The number of nitrogens with zero attached hydrogens (tertiary/aromatic N) is 2. The molecule has 2 heterocycles. The lowest BCUT2D eigenvalue weighted by molar-refractivity contribution is -0.00461. The average Bonchev–Trinajstić information content (AvgIpc) is 2.93. The number of nitrogens with one attached hydrogen (secondary N) is 1. The second-order valence-electron chi connectivity index (χ2n) is 4.37. The van der Waals surface area contributed by atoms with Crippen LogP contribution < -0.4 is 5.73 Å². The number of hydrogen-bond acceptors (Lipinski definition) is 5. The number of anilines is 1. The Morgan fingerprint density at radius 2 is 1.94 bits per heavy atom. The van der Waals surface area contributed by atoms with E-state index >= 15 is 0 Å². The molecule has 1 aliphatic heterocycles. The highest BCUT2D eigenvalue weighted by Gasteiger charge is 2.37. The maximum absolute atomic E-state index is 12.3. The highest BCUT2D eigenvalue weighted by molar-refractivity contribution is 5.97. The molecule has 1 aliphatic rings. The van der Waals surface area contributed by atoms with E-state index in [1.165, 1.54) is 0 Å². The van der Waals surface area contributed by atoms with Crippen LogP contribution in [0.3, 0.4) is 0 Å². The smallest absolute Gasteiger partial charge is 0.276 e. The number of aromatic amines is 1. The van der Waals surface area contributed by atoms with Crippen LogP contribution >= 0.6 is 0 Å². The largest absolute Gasteiger partial charge is 0.395 e. The van der Waals surface area contributed by atoms with Crippen LogP contribution in [-0.4, -0.2) is 60.5 Å². The first-order valence-electron chi connectivity index (χ1n) is 5.73. The Balaban J connectivity index is 2.14. The van der Waals surface area contributed by atoms with Gasteiger partial charge in [-0.25, -0.2) is 0 Å². The Hall–Kier alpha value is -1.60. The quantitative estimate of drug-likeness (QED) is 0.778. The van der Waals surface area contributed by atoms with Gasteiger partial charge in [-0.3, -0.25) is 9.89 Å². The van der Waals surface area contributed by atoms with Crippen LogP contribution in [0.4, 0.5) is 5.69 Å². The number of hydrogen-bond donors (Lipinski definition) is 2. The zero-order valence-corrected chi connectivity index (χ0v) is 10.8. The molecule has 2 rings (SSSR count). The van der Waals surface area contributed by atoms with Crippen molar-refractivity contribution < 1.29 is 14.3 Å². The van der Waals surface area contributed by atoms with Gasteiger partial charge in [0.1, 0.15) is 12.2 Å². The molecule has 7 heteroatoms. The molecule has 2 atom stereocenters. The van der Waals surface area contributed by atoms with Gasteiger partial charge in [0.05, 0.1) is 11.4 Å². The minimum Gasteiger partial charge on any atom is -0.395 e. The number of aromatic nitrogens is 2. The van der Waals surface area contributed by atoms with Crippen molar-refractivity contribution in [1.29, 1.82) is 0 Å². The first-order chi connectivity index (χ1) is 8.58. The van der Waals surface area contributed by atoms with Crippen LogP contribution in [0, 0.1) is 6.92 Å². The number of nitrogen functional groups attached to an aromatic ring is 1. The van der Waals surface area contributed by atoms with E-state index in [4.69, 9.17) is 15.2 Å². The molecular formula is C11H18N4O3. The molecule has 0 saturated carbocycles. The molecule has 1 amide bonds. The van der Waals surface area contributed by atoms with E-state index in [0.717, 1.165) is 0 Å². The van der Waals surface area contributed by atoms with Gasteiger partial charge in [-0.1, -0.05) is 0 Å². The third-order valence-corrected chi connectivity index (χ3v) is 3.31. The van der Waals surface area contributed by atoms with Gasteiger partial charge >= 0.3 is 0 Å². The van der Waals surface area contributed by atoms with Crippen LogP contribution in [-0.2, 0) is 9.47 Å². The van der Waals surface area contributed by atoms with Crippen molar-refractivity contribution >= 4 is 11.6 Å². The van der Waals surface area contributed by atoms with Gasteiger partial charge in [0.25, 0.3) is 5.91 Å². The fraction of sp³-hybridized carbons (Fsp3) is 0.636. The summed E-state index contributed by atoms with van der Waals surface area (Å²) in [4.78, 5) is 13.9. The van der Waals surface area contributed by atoms with Gasteiger partial charge in [-0.15, -0.1) is 0 Å². The summed E-state index contributed by atoms with van der Waals surface area (Å²) in [5.74, 6) is -0.196. The van der Waals surface area contributed by atoms with E-state index in [1.807, 2.05) is 0 Å². The van der Waals surface area contributed by atoms with Crippen LogP contribution in [0.5, 0.6) is 0 Å². The molecule has 100 valence electrons. The number of amides is 1. The molecule has 1 aromatic heterocycles. The molecule has 1 saturated heterocycles. The Morgan fingerprint density at radius 1 is 1.39 bits per heavy atom. The van der Waals surface area contributed by atoms with Gasteiger partial charge < -0.3 is 20.1 Å². The van der Waals surface area contributed by atoms with Crippen LogP contribution in [0.15, 0.2) is 0 Å². The molecule has 2 unspecified atom stereocenters. The average molecular weight is 254 g/mol. The zero-order chi connectivity index (χ0) is 13.3. The summed E-state index contributed by atoms with van der Waals surface area (Å²) < 4.78 is 10.6. The molecule has 0 aliphatic carbocycles. The predicted molar refractivity (Wildman–Crippen MR) is 65.2 cm³/mol.